The summed E-state index contributed by atoms with van der Waals surface area (Å²) < 4.78 is 6.06. The number of H-pyrrole nitrogens is 1. The van der Waals surface area contributed by atoms with Gasteiger partial charge in [-0.1, -0.05) is 23.7 Å². The van der Waals surface area contributed by atoms with Crippen LogP contribution in [0.5, 0.6) is 0 Å². The van der Waals surface area contributed by atoms with Crippen molar-refractivity contribution < 1.29 is 14.3 Å². The summed E-state index contributed by atoms with van der Waals surface area (Å²) in [6.07, 6.45) is 1.51. The predicted octanol–water partition coefficient (Wildman–Crippen LogP) is 2.50. The third-order valence-electron chi connectivity index (χ3n) is 3.42. The minimum atomic E-state index is -0.637. The number of esters is 1. The molecule has 0 atom stereocenters. The Kier molecular flexibility index (Phi) is 4.53. The predicted molar refractivity (Wildman–Crippen MR) is 91.5 cm³/mol. The number of hydrogen-bond acceptors (Lipinski definition) is 5. The summed E-state index contributed by atoms with van der Waals surface area (Å²) in [5.41, 5.74) is 1.93. The summed E-state index contributed by atoms with van der Waals surface area (Å²) in [5.74, 6) is -1.09. The van der Waals surface area contributed by atoms with E-state index in [0.29, 0.717) is 10.7 Å². The molecule has 2 heterocycles. The summed E-state index contributed by atoms with van der Waals surface area (Å²) in [7, 11) is 2.88. The van der Waals surface area contributed by atoms with Crippen molar-refractivity contribution in [1.29, 1.82) is 0 Å². The Bertz CT molecular complexity index is 930. The molecule has 3 aromatic rings. The van der Waals surface area contributed by atoms with Crippen LogP contribution in [-0.2, 0) is 11.8 Å². The van der Waals surface area contributed by atoms with Gasteiger partial charge >= 0.3 is 5.97 Å². The molecule has 0 bridgehead atoms. The second-order valence-corrected chi connectivity index (χ2v) is 5.62. The van der Waals surface area contributed by atoms with Crippen molar-refractivity contribution in [2.24, 2.45) is 7.05 Å². The third kappa shape index (κ3) is 3.53. The van der Waals surface area contributed by atoms with Gasteiger partial charge in [-0.25, -0.2) is 4.79 Å². The Balaban J connectivity index is 1.81. The minimum absolute atomic E-state index is 0.0239. The van der Waals surface area contributed by atoms with E-state index >= 15 is 0 Å². The maximum atomic E-state index is 12.4. The number of ether oxygens (including phenoxy) is 1. The van der Waals surface area contributed by atoms with E-state index in [-0.39, 0.29) is 17.1 Å². The highest BCUT2D eigenvalue weighted by Crippen LogP contribution is 2.21. The fraction of sp³-hybridized carbons (Fsp3) is 0.125. The Morgan fingerprint density at radius 2 is 2.00 bits per heavy atom. The zero-order valence-electron chi connectivity index (χ0n) is 13.4. The van der Waals surface area contributed by atoms with Crippen LogP contribution in [0.1, 0.15) is 21.0 Å². The van der Waals surface area contributed by atoms with Gasteiger partial charge in [0.05, 0.1) is 18.5 Å². The number of carbonyl (C=O) groups is 2. The summed E-state index contributed by atoms with van der Waals surface area (Å²) in [4.78, 5) is 24.1. The van der Waals surface area contributed by atoms with Gasteiger partial charge in [0.2, 0.25) is 0 Å². The molecule has 25 heavy (non-hydrogen) atoms. The van der Waals surface area contributed by atoms with Crippen molar-refractivity contribution in [3.63, 3.8) is 0 Å². The number of halogens is 1. The fourth-order valence-electron chi connectivity index (χ4n) is 2.22. The molecule has 8 nitrogen and oxygen atoms in total. The first-order chi connectivity index (χ1) is 12.0. The van der Waals surface area contributed by atoms with Gasteiger partial charge in [0, 0.05) is 23.8 Å². The van der Waals surface area contributed by atoms with Gasteiger partial charge in [0.15, 0.2) is 5.69 Å². The van der Waals surface area contributed by atoms with Gasteiger partial charge in [-0.2, -0.15) is 10.2 Å². The Labute approximate surface area is 147 Å². The van der Waals surface area contributed by atoms with Crippen LogP contribution in [0.25, 0.3) is 11.3 Å². The molecule has 3 rings (SSSR count). The molecule has 2 aromatic heterocycles. The van der Waals surface area contributed by atoms with Crippen LogP contribution in [0.2, 0.25) is 5.02 Å². The van der Waals surface area contributed by atoms with E-state index in [1.165, 1.54) is 18.0 Å². The standard InChI is InChI=1S/C16H14ClN5O3/c1-22-8-13(14(21-22)16(24)25-2)18-15(23)12-7-11(19-20-12)9-3-5-10(17)6-4-9/h3-8H,1-2H3,(H,18,23)(H,19,20). The summed E-state index contributed by atoms with van der Waals surface area (Å²) >= 11 is 5.86. The van der Waals surface area contributed by atoms with E-state index in [2.05, 4.69) is 25.3 Å². The molecule has 0 aliphatic rings. The maximum absolute atomic E-state index is 12.4. The lowest BCUT2D eigenvalue weighted by atomic mass is 10.1. The van der Waals surface area contributed by atoms with Crippen molar-refractivity contribution in [3.05, 3.63) is 52.9 Å². The molecule has 0 radical (unpaired) electrons. The highest BCUT2D eigenvalue weighted by Gasteiger charge is 2.20. The van der Waals surface area contributed by atoms with E-state index in [1.807, 2.05) is 0 Å². The Morgan fingerprint density at radius 3 is 2.68 bits per heavy atom. The molecular formula is C16H14ClN5O3. The van der Waals surface area contributed by atoms with Crippen LogP contribution in [0.4, 0.5) is 5.69 Å². The van der Waals surface area contributed by atoms with Crippen molar-refractivity contribution in [2.75, 3.05) is 12.4 Å². The molecule has 0 fully saturated rings. The number of aromatic amines is 1. The molecule has 0 unspecified atom stereocenters. The third-order valence-corrected chi connectivity index (χ3v) is 3.67. The van der Waals surface area contributed by atoms with Crippen LogP contribution in [0, 0.1) is 0 Å². The quantitative estimate of drug-likeness (QED) is 0.697. The number of aryl methyl sites for hydroxylation is 1. The number of rotatable bonds is 4. The number of carbonyl (C=O) groups excluding carboxylic acids is 2. The lowest BCUT2D eigenvalue weighted by Gasteiger charge is -2.02. The Hall–Kier alpha value is -3.13. The normalized spacial score (nSPS) is 10.5. The number of benzene rings is 1. The minimum Gasteiger partial charge on any atom is -0.464 e. The van der Waals surface area contributed by atoms with Crippen LogP contribution in [0.15, 0.2) is 36.5 Å². The van der Waals surface area contributed by atoms with E-state index in [0.717, 1.165) is 5.56 Å². The second-order valence-electron chi connectivity index (χ2n) is 5.18. The average Bonchev–Trinajstić information content (AvgIpc) is 3.22. The summed E-state index contributed by atoms with van der Waals surface area (Å²) in [5, 5.41) is 14.0. The number of hydrogen-bond donors (Lipinski definition) is 2. The van der Waals surface area contributed by atoms with Crippen LogP contribution < -0.4 is 5.32 Å². The van der Waals surface area contributed by atoms with Crippen LogP contribution in [0.3, 0.4) is 0 Å². The lowest BCUT2D eigenvalue weighted by molar-refractivity contribution is 0.0594. The molecule has 128 valence electrons. The number of nitrogens with zero attached hydrogens (tertiary/aromatic N) is 3. The van der Waals surface area contributed by atoms with Crippen molar-refractivity contribution >= 4 is 29.2 Å². The molecule has 0 aliphatic heterocycles. The molecule has 0 spiro atoms. The SMILES string of the molecule is COC(=O)c1nn(C)cc1NC(=O)c1cc(-c2ccc(Cl)cc2)n[nH]1. The van der Waals surface area contributed by atoms with E-state index < -0.39 is 11.9 Å². The molecule has 9 heteroatoms. The topological polar surface area (TPSA) is 102 Å². The number of nitrogens with one attached hydrogen (secondary N) is 2. The largest absolute Gasteiger partial charge is 0.464 e. The molecule has 1 aromatic carbocycles. The Morgan fingerprint density at radius 1 is 1.28 bits per heavy atom. The molecule has 0 saturated carbocycles. The van der Waals surface area contributed by atoms with Crippen molar-refractivity contribution in [2.45, 2.75) is 0 Å². The molecular weight excluding hydrogens is 346 g/mol. The maximum Gasteiger partial charge on any atom is 0.360 e. The first kappa shape index (κ1) is 16.7. The van der Waals surface area contributed by atoms with Crippen LogP contribution >= 0.6 is 11.6 Å². The van der Waals surface area contributed by atoms with Gasteiger partial charge in [0.1, 0.15) is 5.69 Å². The number of amides is 1. The lowest BCUT2D eigenvalue weighted by Crippen LogP contribution is -2.15. The second kappa shape index (κ2) is 6.78. The highest BCUT2D eigenvalue weighted by molar-refractivity contribution is 6.30. The van der Waals surface area contributed by atoms with E-state index in [9.17, 15) is 9.59 Å². The molecule has 2 N–H and O–H groups in total. The van der Waals surface area contributed by atoms with E-state index in [1.54, 1.807) is 37.4 Å². The van der Waals surface area contributed by atoms with Gasteiger partial charge in [0.25, 0.3) is 5.91 Å². The van der Waals surface area contributed by atoms with E-state index in [4.69, 9.17) is 11.6 Å². The zero-order valence-corrected chi connectivity index (χ0v) is 14.2. The number of anilines is 1. The van der Waals surface area contributed by atoms with Gasteiger partial charge in [-0.3, -0.25) is 14.6 Å². The molecule has 1 amide bonds. The molecule has 0 aliphatic carbocycles. The fourth-order valence-corrected chi connectivity index (χ4v) is 2.35. The first-order valence-electron chi connectivity index (χ1n) is 7.22. The van der Waals surface area contributed by atoms with Gasteiger partial charge in [-0.05, 0) is 18.2 Å². The highest BCUT2D eigenvalue weighted by atomic mass is 35.5. The number of aromatic nitrogens is 4. The van der Waals surface area contributed by atoms with Gasteiger partial charge < -0.3 is 10.1 Å². The van der Waals surface area contributed by atoms with Gasteiger partial charge in [-0.15, -0.1) is 0 Å². The monoisotopic (exact) mass is 359 g/mol. The van der Waals surface area contributed by atoms with Crippen molar-refractivity contribution in [3.8, 4) is 11.3 Å². The first-order valence-corrected chi connectivity index (χ1v) is 7.60. The summed E-state index contributed by atoms with van der Waals surface area (Å²) in [6, 6.07) is 8.69. The number of methoxy groups -OCH3 is 1. The summed E-state index contributed by atoms with van der Waals surface area (Å²) in [6.45, 7) is 0. The van der Waals surface area contributed by atoms with Crippen molar-refractivity contribution in [1.82, 2.24) is 20.0 Å². The smallest absolute Gasteiger partial charge is 0.360 e. The molecule has 0 saturated heterocycles. The average molecular weight is 360 g/mol. The van der Waals surface area contributed by atoms with Crippen LogP contribution in [-0.4, -0.2) is 39.0 Å². The zero-order chi connectivity index (χ0) is 18.0.